The molecule has 0 aromatic carbocycles. The van der Waals surface area contributed by atoms with Gasteiger partial charge in [0.2, 0.25) is 0 Å². The topological polar surface area (TPSA) is 68.0 Å². The van der Waals surface area contributed by atoms with Gasteiger partial charge in [-0.25, -0.2) is 0 Å². The maximum absolute atomic E-state index is 11.0. The van der Waals surface area contributed by atoms with Crippen LogP contribution in [0.5, 0.6) is 0 Å². The molecule has 0 bridgehead atoms. The van der Waals surface area contributed by atoms with Gasteiger partial charge in [0.25, 0.3) is 0 Å². The van der Waals surface area contributed by atoms with Crippen LogP contribution in [0, 0.1) is 6.92 Å². The molecule has 1 aromatic heterocycles. The number of aliphatic carboxylic acids is 1. The quantitative estimate of drug-likeness (QED) is 0.678. The molecule has 0 radical (unpaired) electrons. The standard InChI is InChI=1S/C8H11N3O2/c1-5-9-10-6-8(2,7(12)13)3-4-11(5)6/h3-4H2,1-2H3,(H,12,13). The number of fused-ring (bicyclic) bond motifs is 1. The summed E-state index contributed by atoms with van der Waals surface area (Å²) in [5.74, 6) is 0.552. The molecule has 1 aliphatic rings. The maximum Gasteiger partial charge on any atom is 0.317 e. The van der Waals surface area contributed by atoms with Gasteiger partial charge in [-0.05, 0) is 20.3 Å². The Labute approximate surface area is 75.4 Å². The van der Waals surface area contributed by atoms with Gasteiger partial charge in [0.1, 0.15) is 17.1 Å². The van der Waals surface area contributed by atoms with Gasteiger partial charge in [-0.1, -0.05) is 0 Å². The van der Waals surface area contributed by atoms with E-state index in [4.69, 9.17) is 5.11 Å². The minimum atomic E-state index is -0.846. The van der Waals surface area contributed by atoms with Gasteiger partial charge in [0, 0.05) is 6.54 Å². The molecule has 0 saturated carbocycles. The van der Waals surface area contributed by atoms with Gasteiger partial charge in [0.15, 0.2) is 0 Å². The average Bonchev–Trinajstić information content (AvgIpc) is 2.57. The lowest BCUT2D eigenvalue weighted by molar-refractivity contribution is -0.143. The second kappa shape index (κ2) is 2.31. The van der Waals surface area contributed by atoms with Gasteiger partial charge < -0.3 is 9.67 Å². The molecule has 13 heavy (non-hydrogen) atoms. The third-order valence-corrected chi connectivity index (χ3v) is 2.74. The number of aryl methyl sites for hydroxylation is 1. The van der Waals surface area contributed by atoms with Gasteiger partial charge >= 0.3 is 5.97 Å². The highest BCUT2D eigenvalue weighted by molar-refractivity contribution is 5.80. The van der Waals surface area contributed by atoms with E-state index in [1.165, 1.54) is 0 Å². The molecule has 1 unspecified atom stereocenters. The summed E-state index contributed by atoms with van der Waals surface area (Å²) in [7, 11) is 0. The van der Waals surface area contributed by atoms with Crippen LogP contribution in [0.2, 0.25) is 0 Å². The van der Waals surface area contributed by atoms with E-state index in [0.29, 0.717) is 18.8 Å². The van der Waals surface area contributed by atoms with E-state index in [1.807, 2.05) is 11.5 Å². The molecule has 5 heteroatoms. The fourth-order valence-corrected chi connectivity index (χ4v) is 1.71. The summed E-state index contributed by atoms with van der Waals surface area (Å²) in [4.78, 5) is 11.0. The van der Waals surface area contributed by atoms with Crippen LogP contribution in [0.25, 0.3) is 0 Å². The van der Waals surface area contributed by atoms with Crippen LogP contribution in [0.3, 0.4) is 0 Å². The molecule has 1 atom stereocenters. The van der Waals surface area contributed by atoms with E-state index in [0.717, 1.165) is 5.82 Å². The highest BCUT2D eigenvalue weighted by Gasteiger charge is 2.44. The zero-order valence-electron chi connectivity index (χ0n) is 7.61. The number of carboxylic acids is 1. The van der Waals surface area contributed by atoms with Crippen LogP contribution < -0.4 is 0 Å². The molecule has 0 spiro atoms. The van der Waals surface area contributed by atoms with Crippen molar-refractivity contribution >= 4 is 5.97 Å². The van der Waals surface area contributed by atoms with E-state index < -0.39 is 11.4 Å². The fourth-order valence-electron chi connectivity index (χ4n) is 1.71. The lowest BCUT2D eigenvalue weighted by atomic mass is 9.89. The first-order valence-corrected chi connectivity index (χ1v) is 4.19. The third-order valence-electron chi connectivity index (χ3n) is 2.74. The Bertz CT molecular complexity index is 371. The summed E-state index contributed by atoms with van der Waals surface area (Å²) in [6.45, 7) is 4.24. The van der Waals surface area contributed by atoms with Crippen molar-refractivity contribution in [2.75, 3.05) is 0 Å². The minimum Gasteiger partial charge on any atom is -0.480 e. The number of aromatic nitrogens is 3. The molecular formula is C8H11N3O2. The third kappa shape index (κ3) is 0.897. The molecule has 2 rings (SSSR count). The smallest absolute Gasteiger partial charge is 0.317 e. The zero-order valence-corrected chi connectivity index (χ0v) is 7.61. The summed E-state index contributed by atoms with van der Waals surface area (Å²) >= 11 is 0. The Balaban J connectivity index is 2.55. The molecule has 0 amide bonds. The molecule has 2 heterocycles. The highest BCUT2D eigenvalue weighted by Crippen LogP contribution is 2.33. The molecule has 1 aliphatic heterocycles. The molecule has 0 fully saturated rings. The summed E-state index contributed by atoms with van der Waals surface area (Å²) in [6, 6.07) is 0. The van der Waals surface area contributed by atoms with Crippen molar-refractivity contribution in [2.45, 2.75) is 32.2 Å². The first-order valence-electron chi connectivity index (χ1n) is 4.19. The van der Waals surface area contributed by atoms with Crippen molar-refractivity contribution in [1.82, 2.24) is 14.8 Å². The van der Waals surface area contributed by atoms with Crippen molar-refractivity contribution in [1.29, 1.82) is 0 Å². The number of carboxylic acid groups (broad SMARTS) is 1. The predicted octanol–water partition coefficient (Wildman–Crippen LogP) is 0.333. The molecule has 1 aromatic rings. The Hall–Kier alpha value is -1.39. The molecule has 0 aliphatic carbocycles. The largest absolute Gasteiger partial charge is 0.480 e. The summed E-state index contributed by atoms with van der Waals surface area (Å²) < 4.78 is 1.87. The number of hydrogen-bond acceptors (Lipinski definition) is 3. The van der Waals surface area contributed by atoms with E-state index in [2.05, 4.69) is 10.2 Å². The second-order valence-electron chi connectivity index (χ2n) is 3.61. The average molecular weight is 181 g/mol. The SMILES string of the molecule is Cc1nnc2n1CCC2(C)C(=O)O. The summed E-state index contributed by atoms with van der Waals surface area (Å²) in [5, 5.41) is 16.8. The minimum absolute atomic E-state index is 0.581. The highest BCUT2D eigenvalue weighted by atomic mass is 16.4. The fraction of sp³-hybridized carbons (Fsp3) is 0.625. The lowest BCUT2D eigenvalue weighted by Crippen LogP contribution is -2.30. The van der Waals surface area contributed by atoms with Crippen molar-refractivity contribution in [2.24, 2.45) is 0 Å². The predicted molar refractivity (Wildman–Crippen MR) is 44.4 cm³/mol. The van der Waals surface area contributed by atoms with E-state index in [-0.39, 0.29) is 0 Å². The van der Waals surface area contributed by atoms with Crippen molar-refractivity contribution in [3.63, 3.8) is 0 Å². The van der Waals surface area contributed by atoms with Crippen LogP contribution in [0.1, 0.15) is 25.0 Å². The summed E-state index contributed by atoms with van der Waals surface area (Å²) in [6.07, 6.45) is 0.605. The number of nitrogens with zero attached hydrogens (tertiary/aromatic N) is 3. The first kappa shape index (κ1) is 8.22. The lowest BCUT2D eigenvalue weighted by Gasteiger charge is -2.14. The monoisotopic (exact) mass is 181 g/mol. The van der Waals surface area contributed by atoms with Gasteiger partial charge in [-0.15, -0.1) is 10.2 Å². The van der Waals surface area contributed by atoms with Crippen molar-refractivity contribution in [3.05, 3.63) is 11.6 Å². The molecular weight excluding hydrogens is 170 g/mol. The van der Waals surface area contributed by atoms with Crippen LogP contribution in [-0.2, 0) is 16.8 Å². The molecule has 70 valence electrons. The van der Waals surface area contributed by atoms with E-state index >= 15 is 0 Å². The van der Waals surface area contributed by atoms with Gasteiger partial charge in [0.05, 0.1) is 0 Å². The van der Waals surface area contributed by atoms with E-state index in [9.17, 15) is 4.79 Å². The normalized spacial score (nSPS) is 26.0. The number of rotatable bonds is 1. The number of hydrogen-bond donors (Lipinski definition) is 1. The Morgan fingerprint density at radius 3 is 2.92 bits per heavy atom. The van der Waals surface area contributed by atoms with Gasteiger partial charge in [-0.3, -0.25) is 4.79 Å². The van der Waals surface area contributed by atoms with Crippen LogP contribution in [0.15, 0.2) is 0 Å². The number of carbonyl (C=O) groups is 1. The van der Waals surface area contributed by atoms with Crippen molar-refractivity contribution < 1.29 is 9.90 Å². The first-order chi connectivity index (χ1) is 6.05. The molecule has 5 nitrogen and oxygen atoms in total. The van der Waals surface area contributed by atoms with Crippen molar-refractivity contribution in [3.8, 4) is 0 Å². The zero-order chi connectivity index (χ0) is 9.64. The Kier molecular flexibility index (Phi) is 1.46. The maximum atomic E-state index is 11.0. The van der Waals surface area contributed by atoms with Crippen LogP contribution >= 0.6 is 0 Å². The van der Waals surface area contributed by atoms with E-state index in [1.54, 1.807) is 6.92 Å². The van der Waals surface area contributed by atoms with Gasteiger partial charge in [-0.2, -0.15) is 0 Å². The second-order valence-corrected chi connectivity index (χ2v) is 3.61. The Morgan fingerprint density at radius 2 is 2.31 bits per heavy atom. The van der Waals surface area contributed by atoms with Crippen LogP contribution in [0.4, 0.5) is 0 Å². The molecule has 0 saturated heterocycles. The summed E-state index contributed by atoms with van der Waals surface area (Å²) in [5.41, 5.74) is -0.846. The Morgan fingerprint density at radius 1 is 1.62 bits per heavy atom. The van der Waals surface area contributed by atoms with Crippen LogP contribution in [-0.4, -0.2) is 25.8 Å². The molecule has 1 N–H and O–H groups in total.